The highest BCUT2D eigenvalue weighted by molar-refractivity contribution is 7.91. The van der Waals surface area contributed by atoms with Crippen molar-refractivity contribution >= 4 is 15.7 Å². The first-order valence-electron chi connectivity index (χ1n) is 6.00. The molecule has 5 nitrogen and oxygen atoms in total. The summed E-state index contributed by atoms with van der Waals surface area (Å²) in [4.78, 5) is 13.9. The number of rotatable bonds is 3. The van der Waals surface area contributed by atoms with E-state index in [1.54, 1.807) is 17.9 Å². The molecule has 2 heterocycles. The van der Waals surface area contributed by atoms with E-state index >= 15 is 0 Å². The lowest BCUT2D eigenvalue weighted by molar-refractivity contribution is 0.0675. The van der Waals surface area contributed by atoms with E-state index in [0.29, 0.717) is 18.7 Å². The first-order chi connectivity index (χ1) is 8.44. The number of nitrogens with zero attached hydrogens (tertiary/aromatic N) is 1. The van der Waals surface area contributed by atoms with E-state index in [1.165, 1.54) is 6.26 Å². The molecule has 0 spiro atoms. The minimum atomic E-state index is -2.99. The van der Waals surface area contributed by atoms with Crippen LogP contribution in [0.2, 0.25) is 0 Å². The Hall–Kier alpha value is -1.30. The number of amides is 1. The molecule has 18 heavy (non-hydrogen) atoms. The highest BCUT2D eigenvalue weighted by Crippen LogP contribution is 2.21. The molecule has 100 valence electrons. The molecule has 0 aliphatic carbocycles. The Morgan fingerprint density at radius 1 is 1.56 bits per heavy atom. The second kappa shape index (κ2) is 4.76. The summed E-state index contributed by atoms with van der Waals surface area (Å²) in [5.41, 5.74) is 0.777. The SMILES string of the molecule is CCN(C(=O)c1occc1C)C1CCS(=O)(=O)C1. The monoisotopic (exact) mass is 271 g/mol. The van der Waals surface area contributed by atoms with E-state index in [9.17, 15) is 13.2 Å². The molecule has 6 heteroatoms. The zero-order valence-electron chi connectivity index (χ0n) is 10.5. The van der Waals surface area contributed by atoms with Crippen LogP contribution in [0.25, 0.3) is 0 Å². The van der Waals surface area contributed by atoms with Crippen molar-refractivity contribution in [3.8, 4) is 0 Å². The van der Waals surface area contributed by atoms with Gasteiger partial charge in [-0.2, -0.15) is 0 Å². The van der Waals surface area contributed by atoms with Gasteiger partial charge in [-0.05, 0) is 26.3 Å². The van der Waals surface area contributed by atoms with Gasteiger partial charge >= 0.3 is 0 Å². The van der Waals surface area contributed by atoms with Gasteiger partial charge in [-0.25, -0.2) is 8.42 Å². The molecule has 0 radical (unpaired) electrons. The molecule has 0 aromatic carbocycles. The highest BCUT2D eigenvalue weighted by Gasteiger charge is 2.35. The third-order valence-corrected chi connectivity index (χ3v) is 5.06. The molecule has 2 rings (SSSR count). The van der Waals surface area contributed by atoms with Gasteiger partial charge in [0.25, 0.3) is 5.91 Å². The van der Waals surface area contributed by atoms with Gasteiger partial charge in [0, 0.05) is 18.2 Å². The predicted octanol–water partition coefficient (Wildman–Crippen LogP) is 1.24. The van der Waals surface area contributed by atoms with Crippen molar-refractivity contribution in [2.45, 2.75) is 26.3 Å². The Bertz CT molecular complexity index is 546. The Labute approximate surface area is 107 Å². The number of sulfone groups is 1. The standard InChI is InChI=1S/C12H17NO4S/c1-3-13(10-5-7-18(15,16)8-10)12(14)11-9(2)4-6-17-11/h4,6,10H,3,5,7-8H2,1-2H3. The minimum Gasteiger partial charge on any atom is -0.459 e. The molecular weight excluding hydrogens is 254 g/mol. The topological polar surface area (TPSA) is 67.6 Å². The van der Waals surface area contributed by atoms with Crippen LogP contribution in [-0.2, 0) is 9.84 Å². The summed E-state index contributed by atoms with van der Waals surface area (Å²) >= 11 is 0. The van der Waals surface area contributed by atoms with Crippen LogP contribution in [-0.4, -0.2) is 43.3 Å². The summed E-state index contributed by atoms with van der Waals surface area (Å²) in [5.74, 6) is 0.313. The summed E-state index contributed by atoms with van der Waals surface area (Å²) < 4.78 is 28.1. The van der Waals surface area contributed by atoms with E-state index < -0.39 is 9.84 Å². The number of hydrogen-bond acceptors (Lipinski definition) is 4. The lowest BCUT2D eigenvalue weighted by Gasteiger charge is -2.26. The highest BCUT2D eigenvalue weighted by atomic mass is 32.2. The van der Waals surface area contributed by atoms with Gasteiger partial charge in [0.2, 0.25) is 0 Å². The van der Waals surface area contributed by atoms with Crippen LogP contribution >= 0.6 is 0 Å². The third-order valence-electron chi connectivity index (χ3n) is 3.31. The molecular formula is C12H17NO4S. The second-order valence-corrected chi connectivity index (χ2v) is 6.81. The Morgan fingerprint density at radius 2 is 2.28 bits per heavy atom. The van der Waals surface area contributed by atoms with Gasteiger partial charge in [0.15, 0.2) is 15.6 Å². The molecule has 1 saturated heterocycles. The van der Waals surface area contributed by atoms with Gasteiger partial charge in [0.05, 0.1) is 17.8 Å². The molecule has 1 aromatic heterocycles. The maximum Gasteiger partial charge on any atom is 0.290 e. The number of aryl methyl sites for hydroxylation is 1. The van der Waals surface area contributed by atoms with Crippen molar-refractivity contribution in [3.63, 3.8) is 0 Å². The predicted molar refractivity (Wildman–Crippen MR) is 67.2 cm³/mol. The molecule has 1 amide bonds. The molecule has 1 fully saturated rings. The molecule has 1 aliphatic rings. The number of carbonyl (C=O) groups is 1. The molecule has 1 aromatic rings. The van der Waals surface area contributed by atoms with Gasteiger partial charge in [-0.3, -0.25) is 4.79 Å². The van der Waals surface area contributed by atoms with Crippen LogP contribution in [0.15, 0.2) is 16.7 Å². The molecule has 0 N–H and O–H groups in total. The van der Waals surface area contributed by atoms with E-state index in [-0.39, 0.29) is 23.5 Å². The first kappa shape index (κ1) is 13.1. The summed E-state index contributed by atoms with van der Waals surface area (Å²) in [6.45, 7) is 4.14. The zero-order valence-corrected chi connectivity index (χ0v) is 11.4. The molecule has 1 unspecified atom stereocenters. The minimum absolute atomic E-state index is 0.0618. The van der Waals surface area contributed by atoms with Crippen LogP contribution in [0.5, 0.6) is 0 Å². The smallest absolute Gasteiger partial charge is 0.290 e. The lowest BCUT2D eigenvalue weighted by Crippen LogP contribution is -2.41. The maximum absolute atomic E-state index is 12.3. The Kier molecular flexibility index (Phi) is 3.47. The second-order valence-electron chi connectivity index (χ2n) is 4.58. The van der Waals surface area contributed by atoms with Crippen LogP contribution in [0.4, 0.5) is 0 Å². The van der Waals surface area contributed by atoms with Crippen LogP contribution < -0.4 is 0 Å². The van der Waals surface area contributed by atoms with E-state index in [0.717, 1.165) is 5.56 Å². The van der Waals surface area contributed by atoms with Crippen LogP contribution in [0, 0.1) is 6.92 Å². The zero-order chi connectivity index (χ0) is 13.3. The van der Waals surface area contributed by atoms with Crippen molar-refractivity contribution < 1.29 is 17.6 Å². The number of carbonyl (C=O) groups excluding carboxylic acids is 1. The molecule has 1 atom stereocenters. The quantitative estimate of drug-likeness (QED) is 0.829. The fourth-order valence-corrected chi connectivity index (χ4v) is 4.04. The largest absolute Gasteiger partial charge is 0.459 e. The lowest BCUT2D eigenvalue weighted by atomic mass is 10.2. The van der Waals surface area contributed by atoms with Crippen molar-refractivity contribution in [2.24, 2.45) is 0 Å². The van der Waals surface area contributed by atoms with Crippen molar-refractivity contribution in [1.82, 2.24) is 4.90 Å². The van der Waals surface area contributed by atoms with E-state index in [2.05, 4.69) is 0 Å². The number of hydrogen-bond donors (Lipinski definition) is 0. The van der Waals surface area contributed by atoms with Gasteiger partial charge < -0.3 is 9.32 Å². The van der Waals surface area contributed by atoms with Crippen molar-refractivity contribution in [3.05, 3.63) is 23.7 Å². The average Bonchev–Trinajstić information content (AvgIpc) is 2.86. The van der Waals surface area contributed by atoms with Crippen molar-refractivity contribution in [2.75, 3.05) is 18.1 Å². The average molecular weight is 271 g/mol. The maximum atomic E-state index is 12.3. The van der Waals surface area contributed by atoms with E-state index in [4.69, 9.17) is 4.42 Å². The summed E-state index contributed by atoms with van der Waals surface area (Å²) in [6, 6.07) is 1.50. The molecule has 0 bridgehead atoms. The summed E-state index contributed by atoms with van der Waals surface area (Å²) in [5, 5.41) is 0. The summed E-state index contributed by atoms with van der Waals surface area (Å²) in [7, 11) is -2.99. The van der Waals surface area contributed by atoms with Crippen LogP contribution in [0.3, 0.4) is 0 Å². The molecule has 1 aliphatic heterocycles. The van der Waals surface area contributed by atoms with Crippen molar-refractivity contribution in [1.29, 1.82) is 0 Å². The third kappa shape index (κ3) is 2.43. The first-order valence-corrected chi connectivity index (χ1v) is 7.82. The van der Waals surface area contributed by atoms with Crippen LogP contribution in [0.1, 0.15) is 29.5 Å². The fraction of sp³-hybridized carbons (Fsp3) is 0.583. The van der Waals surface area contributed by atoms with Gasteiger partial charge in [-0.1, -0.05) is 0 Å². The van der Waals surface area contributed by atoms with Gasteiger partial charge in [0.1, 0.15) is 0 Å². The normalized spacial score (nSPS) is 22.0. The van der Waals surface area contributed by atoms with E-state index in [1.807, 2.05) is 6.92 Å². The van der Waals surface area contributed by atoms with Gasteiger partial charge in [-0.15, -0.1) is 0 Å². The Morgan fingerprint density at radius 3 is 2.72 bits per heavy atom. The molecule has 0 saturated carbocycles. The fourth-order valence-electron chi connectivity index (χ4n) is 2.31. The number of furan rings is 1. The summed E-state index contributed by atoms with van der Waals surface area (Å²) in [6.07, 6.45) is 1.99. The Balaban J connectivity index is 2.20.